The predicted molar refractivity (Wildman–Crippen MR) is 90.1 cm³/mol. The maximum Gasteiger partial charge on any atom is 0.317 e. The number of aromatic nitrogens is 1. The van der Waals surface area contributed by atoms with Crippen LogP contribution in [0.15, 0.2) is 24.3 Å². The molecular formula is C17H21N3OS. The summed E-state index contributed by atoms with van der Waals surface area (Å²) in [5.41, 5.74) is 3.55. The molecule has 1 aromatic carbocycles. The third-order valence-electron chi connectivity index (χ3n) is 3.73. The molecular weight excluding hydrogens is 294 g/mol. The highest BCUT2D eigenvalue weighted by Gasteiger charge is 2.24. The molecule has 4 nitrogen and oxygen atoms in total. The molecule has 0 unspecified atom stereocenters. The van der Waals surface area contributed by atoms with Crippen molar-refractivity contribution in [1.29, 1.82) is 0 Å². The van der Waals surface area contributed by atoms with E-state index in [9.17, 15) is 4.79 Å². The van der Waals surface area contributed by atoms with Crippen molar-refractivity contribution in [2.24, 2.45) is 0 Å². The van der Waals surface area contributed by atoms with E-state index in [1.165, 1.54) is 10.4 Å². The number of carbonyl (C=O) groups is 1. The van der Waals surface area contributed by atoms with Crippen molar-refractivity contribution >= 4 is 17.4 Å². The van der Waals surface area contributed by atoms with Gasteiger partial charge in [-0.25, -0.2) is 9.78 Å². The number of urea groups is 1. The summed E-state index contributed by atoms with van der Waals surface area (Å²) >= 11 is 1.70. The lowest BCUT2D eigenvalue weighted by atomic mass is 10.1. The third kappa shape index (κ3) is 3.14. The molecule has 1 aliphatic heterocycles. The average Bonchev–Trinajstić information content (AvgIpc) is 2.90. The molecule has 2 amide bonds. The molecule has 0 radical (unpaired) electrons. The van der Waals surface area contributed by atoms with Crippen molar-refractivity contribution in [1.82, 2.24) is 15.2 Å². The van der Waals surface area contributed by atoms with Gasteiger partial charge in [0.15, 0.2) is 0 Å². The van der Waals surface area contributed by atoms with Gasteiger partial charge in [-0.2, -0.15) is 0 Å². The van der Waals surface area contributed by atoms with E-state index in [1.807, 2.05) is 18.7 Å². The topological polar surface area (TPSA) is 45.2 Å². The Balaban J connectivity index is 1.78. The number of aryl methyl sites for hydroxylation is 1. The number of nitrogens with zero attached hydrogens (tertiary/aromatic N) is 2. The van der Waals surface area contributed by atoms with Gasteiger partial charge >= 0.3 is 6.03 Å². The first kappa shape index (κ1) is 15.0. The van der Waals surface area contributed by atoms with Gasteiger partial charge in [0.05, 0.1) is 12.2 Å². The van der Waals surface area contributed by atoms with Gasteiger partial charge in [0.1, 0.15) is 5.01 Å². The smallest absolute Gasteiger partial charge is 0.317 e. The largest absolute Gasteiger partial charge is 0.336 e. The normalized spacial score (nSPS) is 14.1. The Labute approximate surface area is 135 Å². The molecule has 1 aliphatic rings. The zero-order chi connectivity index (χ0) is 15.7. The van der Waals surface area contributed by atoms with Gasteiger partial charge in [-0.3, -0.25) is 0 Å². The third-order valence-corrected chi connectivity index (χ3v) is 4.86. The lowest BCUT2D eigenvalue weighted by molar-refractivity contribution is 0.190. The minimum Gasteiger partial charge on any atom is -0.336 e. The van der Waals surface area contributed by atoms with Gasteiger partial charge in [0.2, 0.25) is 0 Å². The van der Waals surface area contributed by atoms with Crippen LogP contribution in [-0.2, 0) is 13.0 Å². The molecule has 0 fully saturated rings. The van der Waals surface area contributed by atoms with E-state index in [-0.39, 0.29) is 12.1 Å². The van der Waals surface area contributed by atoms with Crippen molar-refractivity contribution in [3.63, 3.8) is 0 Å². The van der Waals surface area contributed by atoms with E-state index in [0.29, 0.717) is 6.54 Å². The molecule has 22 heavy (non-hydrogen) atoms. The first-order valence-electron chi connectivity index (χ1n) is 7.64. The van der Waals surface area contributed by atoms with Gasteiger partial charge in [-0.15, -0.1) is 11.3 Å². The summed E-state index contributed by atoms with van der Waals surface area (Å²) in [5, 5.41) is 4.01. The molecule has 1 N–H and O–H groups in total. The molecule has 0 aliphatic carbocycles. The van der Waals surface area contributed by atoms with Crippen LogP contribution < -0.4 is 5.32 Å². The maximum atomic E-state index is 12.1. The number of nitrogens with one attached hydrogen (secondary N) is 1. The summed E-state index contributed by atoms with van der Waals surface area (Å²) < 4.78 is 0. The Bertz CT molecular complexity index is 676. The average molecular weight is 315 g/mol. The fraction of sp³-hybridized carbons (Fsp3) is 0.412. The molecule has 0 bridgehead atoms. The van der Waals surface area contributed by atoms with E-state index in [0.717, 1.165) is 29.2 Å². The number of hydrogen-bond acceptors (Lipinski definition) is 3. The highest BCUT2D eigenvalue weighted by atomic mass is 32.1. The van der Waals surface area contributed by atoms with Gasteiger partial charge in [0, 0.05) is 29.4 Å². The molecule has 5 heteroatoms. The van der Waals surface area contributed by atoms with E-state index in [1.54, 1.807) is 11.3 Å². The molecule has 2 aromatic rings. The molecule has 0 atom stereocenters. The number of amides is 2. The second-order valence-corrected chi connectivity index (χ2v) is 7.11. The van der Waals surface area contributed by atoms with Crippen LogP contribution in [0.1, 0.15) is 30.0 Å². The van der Waals surface area contributed by atoms with Crippen molar-refractivity contribution in [3.8, 4) is 10.6 Å². The molecule has 3 rings (SSSR count). The summed E-state index contributed by atoms with van der Waals surface area (Å²) in [5.74, 6) is 0. The number of hydrogen-bond donors (Lipinski definition) is 1. The Kier molecular flexibility index (Phi) is 4.16. The molecule has 0 saturated carbocycles. The van der Waals surface area contributed by atoms with Crippen LogP contribution in [0.3, 0.4) is 0 Å². The molecule has 116 valence electrons. The van der Waals surface area contributed by atoms with Gasteiger partial charge < -0.3 is 10.2 Å². The van der Waals surface area contributed by atoms with Crippen LogP contribution in [0.25, 0.3) is 10.6 Å². The number of carbonyl (C=O) groups excluding carboxylic acids is 1. The Hall–Kier alpha value is -1.88. The second-order valence-electron chi connectivity index (χ2n) is 6.03. The number of thiazole rings is 1. The summed E-state index contributed by atoms with van der Waals surface area (Å²) in [7, 11) is 0. The van der Waals surface area contributed by atoms with E-state index in [2.05, 4.69) is 36.5 Å². The van der Waals surface area contributed by atoms with E-state index in [4.69, 9.17) is 4.98 Å². The summed E-state index contributed by atoms with van der Waals surface area (Å²) in [6.07, 6.45) is 0.837. The predicted octanol–water partition coefficient (Wildman–Crippen LogP) is 3.59. The van der Waals surface area contributed by atoms with Crippen LogP contribution in [0, 0.1) is 6.92 Å². The van der Waals surface area contributed by atoms with Crippen LogP contribution >= 0.6 is 11.3 Å². The van der Waals surface area contributed by atoms with Crippen LogP contribution in [0.5, 0.6) is 0 Å². The van der Waals surface area contributed by atoms with Crippen molar-refractivity contribution in [3.05, 3.63) is 40.4 Å². The monoisotopic (exact) mass is 315 g/mol. The lowest BCUT2D eigenvalue weighted by Crippen LogP contribution is -2.44. The zero-order valence-electron chi connectivity index (χ0n) is 13.2. The second kappa shape index (κ2) is 6.08. The standard InChI is InChI=1S/C17H21N3OS/c1-11(2)18-17(21)20-9-8-14-15(10-20)22-16(19-14)13-6-4-12(3)5-7-13/h4-7,11H,8-10H2,1-3H3,(H,18,21). The minimum absolute atomic E-state index is 0.0194. The molecule has 0 spiro atoms. The zero-order valence-corrected chi connectivity index (χ0v) is 14.0. The van der Waals surface area contributed by atoms with Crippen molar-refractivity contribution in [2.75, 3.05) is 6.54 Å². The first-order valence-corrected chi connectivity index (χ1v) is 8.45. The maximum absolute atomic E-state index is 12.1. The molecule has 0 saturated heterocycles. The van der Waals surface area contributed by atoms with E-state index < -0.39 is 0 Å². The number of benzene rings is 1. The number of rotatable bonds is 2. The highest BCUT2D eigenvalue weighted by Crippen LogP contribution is 2.31. The van der Waals surface area contributed by atoms with Gasteiger partial charge in [-0.05, 0) is 20.8 Å². The SMILES string of the molecule is Cc1ccc(-c2nc3c(s2)CN(C(=O)NC(C)C)CC3)cc1. The van der Waals surface area contributed by atoms with Gasteiger partial charge in [-0.1, -0.05) is 29.8 Å². The van der Waals surface area contributed by atoms with Crippen molar-refractivity contribution < 1.29 is 4.79 Å². The Morgan fingerprint density at radius 1 is 1.32 bits per heavy atom. The van der Waals surface area contributed by atoms with Crippen LogP contribution in [0.4, 0.5) is 4.79 Å². The summed E-state index contributed by atoms with van der Waals surface area (Å²) in [6, 6.07) is 8.63. The fourth-order valence-electron chi connectivity index (χ4n) is 2.53. The summed E-state index contributed by atoms with van der Waals surface area (Å²) in [4.78, 5) is 20.0. The molecule has 2 heterocycles. The first-order chi connectivity index (χ1) is 10.5. The minimum atomic E-state index is 0.0194. The van der Waals surface area contributed by atoms with Crippen LogP contribution in [-0.4, -0.2) is 28.5 Å². The fourth-order valence-corrected chi connectivity index (χ4v) is 3.66. The lowest BCUT2D eigenvalue weighted by Gasteiger charge is -2.27. The van der Waals surface area contributed by atoms with Crippen LogP contribution in [0.2, 0.25) is 0 Å². The van der Waals surface area contributed by atoms with E-state index >= 15 is 0 Å². The van der Waals surface area contributed by atoms with Gasteiger partial charge in [0.25, 0.3) is 0 Å². The quantitative estimate of drug-likeness (QED) is 0.920. The van der Waals surface area contributed by atoms with Crippen molar-refractivity contribution in [2.45, 2.75) is 39.8 Å². The Morgan fingerprint density at radius 2 is 2.05 bits per heavy atom. The number of fused-ring (bicyclic) bond motifs is 1. The summed E-state index contributed by atoms with van der Waals surface area (Å²) in [6.45, 7) is 7.45. The Morgan fingerprint density at radius 3 is 2.73 bits per heavy atom. The molecule has 1 aromatic heterocycles. The highest BCUT2D eigenvalue weighted by molar-refractivity contribution is 7.15.